The molecule has 2 aromatic heterocycles. The first kappa shape index (κ1) is 20.4. The third kappa shape index (κ3) is 3.36. The van der Waals surface area contributed by atoms with Crippen LogP contribution in [0, 0.1) is 0 Å². The van der Waals surface area contributed by atoms with Crippen molar-refractivity contribution in [1.29, 1.82) is 0 Å². The van der Waals surface area contributed by atoms with E-state index in [9.17, 15) is 9.59 Å². The molecule has 1 aliphatic rings. The van der Waals surface area contributed by atoms with E-state index in [1.165, 1.54) is 15.9 Å². The van der Waals surface area contributed by atoms with Crippen LogP contribution in [-0.4, -0.2) is 34.2 Å². The predicted octanol–water partition coefficient (Wildman–Crippen LogP) is 3.28. The van der Waals surface area contributed by atoms with Crippen LogP contribution in [0.5, 0.6) is 5.75 Å². The number of nitrogens with zero attached hydrogens (tertiary/aromatic N) is 4. The molecule has 0 spiro atoms. The standard InChI is InChI=1S/C24H22N4O3S/c1-3-4-7-14-31-16-12-10-15(11-13-16)21-25-24-28(26-21)23(30)20(32-24)19-17-8-5-6-9-18(17)27(2)22(19)29/h5-6,8-13H,3-4,7,14H2,1-2H3/b20-19-. The van der Waals surface area contributed by atoms with Crippen molar-refractivity contribution in [3.8, 4) is 17.1 Å². The van der Waals surface area contributed by atoms with Crippen LogP contribution >= 0.6 is 11.3 Å². The van der Waals surface area contributed by atoms with Crippen LogP contribution in [0.15, 0.2) is 53.3 Å². The number of rotatable bonds is 6. The Balaban J connectivity index is 1.49. The molecule has 3 heterocycles. The highest BCUT2D eigenvalue weighted by atomic mass is 32.1. The Hall–Kier alpha value is -3.52. The number of carbonyl (C=O) groups excluding carboxylic acids is 1. The van der Waals surface area contributed by atoms with Gasteiger partial charge in [-0.3, -0.25) is 9.59 Å². The summed E-state index contributed by atoms with van der Waals surface area (Å²) in [7, 11) is 1.71. The number of thiazole rings is 1. The fourth-order valence-corrected chi connectivity index (χ4v) is 4.84. The van der Waals surface area contributed by atoms with Crippen LogP contribution in [-0.2, 0) is 4.79 Å². The molecular weight excluding hydrogens is 424 g/mol. The second kappa shape index (κ2) is 8.20. The summed E-state index contributed by atoms with van der Waals surface area (Å²) in [4.78, 5) is 32.5. The summed E-state index contributed by atoms with van der Waals surface area (Å²) in [5.74, 6) is 1.08. The van der Waals surface area contributed by atoms with Crippen LogP contribution in [0.1, 0.15) is 31.7 Å². The van der Waals surface area contributed by atoms with Gasteiger partial charge in [0.15, 0.2) is 5.82 Å². The maximum absolute atomic E-state index is 13.1. The zero-order valence-corrected chi connectivity index (χ0v) is 18.7. The van der Waals surface area contributed by atoms with Gasteiger partial charge in [0, 0.05) is 18.2 Å². The minimum atomic E-state index is -0.326. The first-order chi connectivity index (χ1) is 15.6. The maximum atomic E-state index is 13.1. The molecule has 8 heteroatoms. The van der Waals surface area contributed by atoms with Crippen LogP contribution in [0.3, 0.4) is 0 Å². The molecule has 1 amide bonds. The van der Waals surface area contributed by atoms with Crippen LogP contribution in [0.25, 0.3) is 21.9 Å². The van der Waals surface area contributed by atoms with E-state index in [4.69, 9.17) is 4.74 Å². The van der Waals surface area contributed by atoms with E-state index in [2.05, 4.69) is 17.0 Å². The summed E-state index contributed by atoms with van der Waals surface area (Å²) in [6, 6.07) is 15.0. The van der Waals surface area contributed by atoms with Gasteiger partial charge in [0.25, 0.3) is 11.5 Å². The largest absolute Gasteiger partial charge is 0.494 e. The Morgan fingerprint density at radius 1 is 1.03 bits per heavy atom. The van der Waals surface area contributed by atoms with Crippen molar-refractivity contribution in [2.45, 2.75) is 26.2 Å². The van der Waals surface area contributed by atoms with Crippen LogP contribution in [0.2, 0.25) is 0 Å². The van der Waals surface area contributed by atoms with Gasteiger partial charge >= 0.3 is 0 Å². The SMILES string of the molecule is CCCCCOc1ccc(-c2nc3s/c(=C4\C(=O)N(C)c5ccccc54)c(=O)n3n2)cc1. The van der Waals surface area contributed by atoms with Crippen molar-refractivity contribution < 1.29 is 9.53 Å². The van der Waals surface area contributed by atoms with Gasteiger partial charge in [-0.15, -0.1) is 5.10 Å². The normalized spacial score (nSPS) is 14.9. The first-order valence-electron chi connectivity index (χ1n) is 10.6. The molecule has 2 aromatic carbocycles. The molecule has 162 valence electrons. The lowest BCUT2D eigenvalue weighted by molar-refractivity contribution is -0.112. The summed E-state index contributed by atoms with van der Waals surface area (Å²) >= 11 is 1.19. The summed E-state index contributed by atoms with van der Waals surface area (Å²) in [6.07, 6.45) is 3.35. The zero-order valence-electron chi connectivity index (χ0n) is 17.9. The van der Waals surface area contributed by atoms with Gasteiger partial charge in [-0.25, -0.2) is 0 Å². The minimum Gasteiger partial charge on any atom is -0.494 e. The maximum Gasteiger partial charge on any atom is 0.291 e. The first-order valence-corrected chi connectivity index (χ1v) is 11.4. The summed E-state index contributed by atoms with van der Waals surface area (Å²) in [5, 5.41) is 4.42. The van der Waals surface area contributed by atoms with Gasteiger partial charge in [0.2, 0.25) is 4.96 Å². The highest BCUT2D eigenvalue weighted by Gasteiger charge is 2.31. The molecule has 0 atom stereocenters. The smallest absolute Gasteiger partial charge is 0.291 e. The topological polar surface area (TPSA) is 76.8 Å². The van der Waals surface area contributed by atoms with E-state index < -0.39 is 0 Å². The lowest BCUT2D eigenvalue weighted by Gasteiger charge is -2.07. The third-order valence-corrected chi connectivity index (χ3v) is 6.60. The van der Waals surface area contributed by atoms with Gasteiger partial charge < -0.3 is 9.64 Å². The number of likely N-dealkylation sites (N-methyl/N-ethyl adjacent to an activating group) is 1. The highest BCUT2D eigenvalue weighted by Crippen LogP contribution is 2.33. The summed E-state index contributed by atoms with van der Waals surface area (Å²) in [6.45, 7) is 2.86. The van der Waals surface area contributed by atoms with E-state index in [1.807, 2.05) is 48.5 Å². The van der Waals surface area contributed by atoms with Crippen molar-refractivity contribution in [1.82, 2.24) is 14.6 Å². The fraction of sp³-hybridized carbons (Fsp3) is 0.250. The molecule has 32 heavy (non-hydrogen) atoms. The number of hydrogen-bond acceptors (Lipinski definition) is 6. The lowest BCUT2D eigenvalue weighted by atomic mass is 10.1. The molecule has 1 aliphatic heterocycles. The van der Waals surface area contributed by atoms with Crippen molar-refractivity contribution in [2.75, 3.05) is 18.6 Å². The average Bonchev–Trinajstić information content (AvgIpc) is 3.44. The van der Waals surface area contributed by atoms with Gasteiger partial charge in [0.1, 0.15) is 10.3 Å². The molecule has 0 saturated carbocycles. The van der Waals surface area contributed by atoms with E-state index in [1.54, 1.807) is 11.9 Å². The molecule has 0 saturated heterocycles. The Labute approximate surface area is 188 Å². The van der Waals surface area contributed by atoms with Gasteiger partial charge in [-0.1, -0.05) is 49.3 Å². The van der Waals surface area contributed by atoms with Gasteiger partial charge in [-0.2, -0.15) is 9.50 Å². The van der Waals surface area contributed by atoms with Crippen LogP contribution < -0.4 is 19.7 Å². The molecule has 5 rings (SSSR count). The monoisotopic (exact) mass is 446 g/mol. The minimum absolute atomic E-state index is 0.192. The molecule has 0 N–H and O–H groups in total. The number of amides is 1. The van der Waals surface area contributed by atoms with Gasteiger partial charge in [-0.05, 0) is 36.8 Å². The number of carbonyl (C=O) groups is 1. The summed E-state index contributed by atoms with van der Waals surface area (Å²) in [5.41, 5.74) is 2.45. The second-order valence-corrected chi connectivity index (χ2v) is 8.68. The quantitative estimate of drug-likeness (QED) is 0.425. The lowest BCUT2D eigenvalue weighted by Crippen LogP contribution is -2.30. The molecule has 7 nitrogen and oxygen atoms in total. The number of benzene rings is 2. The van der Waals surface area contributed by atoms with E-state index in [0.717, 1.165) is 41.8 Å². The molecule has 0 unspecified atom stereocenters. The Kier molecular flexibility index (Phi) is 5.22. The Morgan fingerprint density at radius 2 is 1.81 bits per heavy atom. The number of unbranched alkanes of at least 4 members (excludes halogenated alkanes) is 2. The number of anilines is 1. The molecule has 4 aromatic rings. The molecular formula is C24H22N4O3S. The molecule has 0 radical (unpaired) electrons. The van der Waals surface area contributed by atoms with Crippen molar-refractivity contribution in [2.24, 2.45) is 0 Å². The third-order valence-electron chi connectivity index (χ3n) is 5.57. The molecule has 0 bridgehead atoms. The number of ether oxygens (including phenoxy) is 1. The van der Waals surface area contributed by atoms with E-state index in [0.29, 0.717) is 27.5 Å². The zero-order chi connectivity index (χ0) is 22.2. The number of para-hydroxylation sites is 1. The molecule has 0 aliphatic carbocycles. The average molecular weight is 447 g/mol. The van der Waals surface area contributed by atoms with Crippen molar-refractivity contribution >= 4 is 33.5 Å². The summed E-state index contributed by atoms with van der Waals surface area (Å²) < 4.78 is 7.40. The Morgan fingerprint density at radius 3 is 2.56 bits per heavy atom. The van der Waals surface area contributed by atoms with Crippen molar-refractivity contribution in [3.63, 3.8) is 0 Å². The predicted molar refractivity (Wildman–Crippen MR) is 125 cm³/mol. The number of aromatic nitrogens is 3. The van der Waals surface area contributed by atoms with Crippen LogP contribution in [0.4, 0.5) is 5.69 Å². The van der Waals surface area contributed by atoms with E-state index >= 15 is 0 Å². The fourth-order valence-electron chi connectivity index (χ4n) is 3.84. The molecule has 0 fully saturated rings. The Bertz CT molecular complexity index is 1420. The van der Waals surface area contributed by atoms with Crippen molar-refractivity contribution in [3.05, 3.63) is 69.0 Å². The van der Waals surface area contributed by atoms with E-state index in [-0.39, 0.29) is 11.5 Å². The number of fused-ring (bicyclic) bond motifs is 2. The highest BCUT2D eigenvalue weighted by molar-refractivity contribution is 7.15. The number of hydrogen-bond donors (Lipinski definition) is 0. The second-order valence-electron chi connectivity index (χ2n) is 7.70. The van der Waals surface area contributed by atoms with Gasteiger partial charge in [0.05, 0.1) is 17.9 Å².